The number of rotatable bonds is 5. The lowest BCUT2D eigenvalue weighted by atomic mass is 10.2. The van der Waals surface area contributed by atoms with E-state index >= 15 is 0 Å². The topological polar surface area (TPSA) is 55.1 Å². The van der Waals surface area contributed by atoms with Gasteiger partial charge in [-0.2, -0.15) is 0 Å². The number of nitrogens with zero attached hydrogens (tertiary/aromatic N) is 1. The first-order valence-electron chi connectivity index (χ1n) is 7.11. The van der Waals surface area contributed by atoms with E-state index in [0.29, 0.717) is 11.0 Å². The third-order valence-electron chi connectivity index (χ3n) is 3.14. The zero-order valence-corrected chi connectivity index (χ0v) is 15.0. The second-order valence-electron chi connectivity index (χ2n) is 4.96. The highest BCUT2D eigenvalue weighted by atomic mass is 79.9. The number of carbonyl (C=O) groups is 1. The molecule has 0 radical (unpaired) electrons. The summed E-state index contributed by atoms with van der Waals surface area (Å²) in [6.45, 7) is 0. The van der Waals surface area contributed by atoms with Crippen molar-refractivity contribution in [1.82, 2.24) is 4.98 Å². The van der Waals surface area contributed by atoms with Crippen LogP contribution >= 0.6 is 27.7 Å². The van der Waals surface area contributed by atoms with Gasteiger partial charge in [0.05, 0.1) is 17.6 Å². The maximum absolute atomic E-state index is 13.5. The molecule has 0 spiro atoms. The van der Waals surface area contributed by atoms with E-state index < -0.39 is 17.5 Å². The van der Waals surface area contributed by atoms with Crippen LogP contribution in [0.2, 0.25) is 0 Å². The fourth-order valence-electron chi connectivity index (χ4n) is 1.98. The lowest BCUT2D eigenvalue weighted by Gasteiger charge is -2.05. The van der Waals surface area contributed by atoms with Crippen LogP contribution in [0.15, 0.2) is 62.8 Å². The average molecular weight is 425 g/mol. The van der Waals surface area contributed by atoms with Gasteiger partial charge in [-0.25, -0.2) is 13.8 Å². The SMILES string of the molecule is O=C(CSc1ncc(-c2ccc(Br)cc2)o1)Nc1cc(F)ccc1F. The molecule has 2 aromatic carbocycles. The van der Waals surface area contributed by atoms with Gasteiger partial charge in [0.15, 0.2) is 5.76 Å². The van der Waals surface area contributed by atoms with Crippen molar-refractivity contribution in [3.63, 3.8) is 0 Å². The quantitative estimate of drug-likeness (QED) is 0.577. The molecule has 1 aromatic heterocycles. The second kappa shape index (κ2) is 7.79. The van der Waals surface area contributed by atoms with E-state index in [1.54, 1.807) is 6.20 Å². The van der Waals surface area contributed by atoms with Gasteiger partial charge in [-0.1, -0.05) is 39.8 Å². The lowest BCUT2D eigenvalue weighted by molar-refractivity contribution is -0.113. The number of aromatic nitrogens is 1. The minimum atomic E-state index is -0.701. The molecule has 0 aliphatic carbocycles. The minimum Gasteiger partial charge on any atom is -0.431 e. The van der Waals surface area contributed by atoms with Gasteiger partial charge in [-0.3, -0.25) is 4.79 Å². The van der Waals surface area contributed by atoms with E-state index in [0.717, 1.165) is 40.0 Å². The molecule has 0 saturated heterocycles. The van der Waals surface area contributed by atoms with Crippen molar-refractivity contribution >= 4 is 39.3 Å². The molecule has 1 N–H and O–H groups in total. The number of hydrogen-bond donors (Lipinski definition) is 1. The van der Waals surface area contributed by atoms with E-state index in [4.69, 9.17) is 4.42 Å². The van der Waals surface area contributed by atoms with E-state index in [-0.39, 0.29) is 11.4 Å². The van der Waals surface area contributed by atoms with Crippen LogP contribution in [0.1, 0.15) is 0 Å². The third kappa shape index (κ3) is 4.67. The zero-order chi connectivity index (χ0) is 17.8. The normalized spacial score (nSPS) is 10.7. The number of thioether (sulfide) groups is 1. The predicted octanol–water partition coefficient (Wildman–Crippen LogP) is 5.11. The molecule has 0 unspecified atom stereocenters. The minimum absolute atomic E-state index is 0.0454. The summed E-state index contributed by atoms with van der Waals surface area (Å²) in [4.78, 5) is 16.0. The highest BCUT2D eigenvalue weighted by Gasteiger charge is 2.12. The molecule has 128 valence electrons. The molecular weight excluding hydrogens is 414 g/mol. The van der Waals surface area contributed by atoms with Gasteiger partial charge in [-0.15, -0.1) is 0 Å². The maximum atomic E-state index is 13.5. The van der Waals surface area contributed by atoms with Crippen molar-refractivity contribution in [2.75, 3.05) is 11.1 Å². The van der Waals surface area contributed by atoms with Gasteiger partial charge in [-0.05, 0) is 24.3 Å². The fourth-order valence-corrected chi connectivity index (χ4v) is 2.85. The van der Waals surface area contributed by atoms with Gasteiger partial charge in [0.25, 0.3) is 5.22 Å². The molecule has 1 heterocycles. The second-order valence-corrected chi connectivity index (χ2v) is 6.80. The van der Waals surface area contributed by atoms with Crippen LogP contribution in [0, 0.1) is 11.6 Å². The van der Waals surface area contributed by atoms with Gasteiger partial charge in [0.2, 0.25) is 5.91 Å². The van der Waals surface area contributed by atoms with Crippen LogP contribution in [0.4, 0.5) is 14.5 Å². The van der Waals surface area contributed by atoms with Crippen LogP contribution in [0.25, 0.3) is 11.3 Å². The van der Waals surface area contributed by atoms with Crippen molar-refractivity contribution < 1.29 is 18.0 Å². The Morgan fingerprint density at radius 2 is 1.96 bits per heavy atom. The van der Waals surface area contributed by atoms with Crippen LogP contribution in [-0.4, -0.2) is 16.6 Å². The fraction of sp³-hybridized carbons (Fsp3) is 0.0588. The average Bonchev–Trinajstić information content (AvgIpc) is 3.06. The van der Waals surface area contributed by atoms with Gasteiger partial charge >= 0.3 is 0 Å². The zero-order valence-electron chi connectivity index (χ0n) is 12.6. The van der Waals surface area contributed by atoms with Crippen molar-refractivity contribution in [2.45, 2.75) is 5.22 Å². The van der Waals surface area contributed by atoms with E-state index in [1.165, 1.54) is 0 Å². The Bertz CT molecular complexity index is 900. The molecule has 0 saturated carbocycles. The molecule has 25 heavy (non-hydrogen) atoms. The smallest absolute Gasteiger partial charge is 0.256 e. The molecule has 1 amide bonds. The summed E-state index contributed by atoms with van der Waals surface area (Å²) in [5, 5.41) is 2.63. The molecular formula is C17H11BrF2N2O2S. The predicted molar refractivity (Wildman–Crippen MR) is 95.4 cm³/mol. The Kier molecular flexibility index (Phi) is 5.50. The monoisotopic (exact) mass is 424 g/mol. The number of nitrogens with one attached hydrogen (secondary N) is 1. The summed E-state index contributed by atoms with van der Waals surface area (Å²) in [6.07, 6.45) is 1.57. The molecule has 0 aliphatic heterocycles. The number of amides is 1. The first kappa shape index (κ1) is 17.6. The standard InChI is InChI=1S/C17H11BrF2N2O2S/c18-11-3-1-10(2-4-11)15-8-21-17(24-15)25-9-16(23)22-14-7-12(19)5-6-13(14)20/h1-8H,9H2,(H,22,23). The summed E-state index contributed by atoms with van der Waals surface area (Å²) in [5.41, 5.74) is 0.655. The molecule has 0 bridgehead atoms. The highest BCUT2D eigenvalue weighted by molar-refractivity contribution is 9.10. The largest absolute Gasteiger partial charge is 0.431 e. The Hall–Kier alpha value is -2.19. The summed E-state index contributed by atoms with van der Waals surface area (Å²) in [5.74, 6) is -1.29. The van der Waals surface area contributed by atoms with Crippen LogP contribution in [-0.2, 0) is 4.79 Å². The molecule has 0 fully saturated rings. The molecule has 3 rings (SSSR count). The summed E-state index contributed by atoms with van der Waals surface area (Å²) >= 11 is 4.42. The highest BCUT2D eigenvalue weighted by Crippen LogP contribution is 2.26. The molecule has 3 aromatic rings. The third-order valence-corrected chi connectivity index (χ3v) is 4.51. The summed E-state index contributed by atoms with van der Waals surface area (Å²) < 4.78 is 33.1. The number of carbonyl (C=O) groups excluding carboxylic acids is 1. The van der Waals surface area contributed by atoms with Crippen molar-refractivity contribution in [2.24, 2.45) is 0 Å². The van der Waals surface area contributed by atoms with Crippen molar-refractivity contribution in [1.29, 1.82) is 0 Å². The van der Waals surface area contributed by atoms with E-state index in [9.17, 15) is 13.6 Å². The molecule has 0 atom stereocenters. The van der Waals surface area contributed by atoms with Crippen molar-refractivity contribution in [3.8, 4) is 11.3 Å². The maximum Gasteiger partial charge on any atom is 0.256 e. The first-order valence-corrected chi connectivity index (χ1v) is 8.88. The Balaban J connectivity index is 1.59. The number of hydrogen-bond acceptors (Lipinski definition) is 4. The van der Waals surface area contributed by atoms with Gasteiger partial charge in [0, 0.05) is 16.1 Å². The number of anilines is 1. The van der Waals surface area contributed by atoms with Gasteiger partial charge < -0.3 is 9.73 Å². The lowest BCUT2D eigenvalue weighted by Crippen LogP contribution is -2.15. The first-order chi connectivity index (χ1) is 12.0. The molecule has 8 heteroatoms. The van der Waals surface area contributed by atoms with Crippen molar-refractivity contribution in [3.05, 3.63) is 64.8 Å². The van der Waals surface area contributed by atoms with Crippen LogP contribution < -0.4 is 5.32 Å². The Morgan fingerprint density at radius 1 is 1.20 bits per heavy atom. The summed E-state index contributed by atoms with van der Waals surface area (Å²) in [7, 11) is 0. The number of halogens is 3. The molecule has 0 aliphatic rings. The van der Waals surface area contributed by atoms with Crippen LogP contribution in [0.5, 0.6) is 0 Å². The molecule has 4 nitrogen and oxygen atoms in total. The Labute approximate surface area is 154 Å². The number of oxazole rings is 1. The Morgan fingerprint density at radius 3 is 2.72 bits per heavy atom. The summed E-state index contributed by atoms with van der Waals surface area (Å²) in [6, 6.07) is 10.4. The van der Waals surface area contributed by atoms with Gasteiger partial charge in [0.1, 0.15) is 11.6 Å². The van der Waals surface area contributed by atoms with E-state index in [1.807, 2.05) is 24.3 Å². The van der Waals surface area contributed by atoms with Crippen LogP contribution in [0.3, 0.4) is 0 Å². The van der Waals surface area contributed by atoms with E-state index in [2.05, 4.69) is 26.2 Å². The number of benzene rings is 2.